The van der Waals surface area contributed by atoms with Crippen LogP contribution < -0.4 is 29.3 Å². The van der Waals surface area contributed by atoms with Gasteiger partial charge in [0.1, 0.15) is 13.3 Å². The summed E-state index contributed by atoms with van der Waals surface area (Å²) in [5.74, 6) is 0.880. The second kappa shape index (κ2) is 9.27. The maximum atomic E-state index is 13.0. The van der Waals surface area contributed by atoms with Gasteiger partial charge in [0.05, 0.1) is 30.9 Å². The van der Waals surface area contributed by atoms with Gasteiger partial charge < -0.3 is 19.1 Å². The van der Waals surface area contributed by atoms with Gasteiger partial charge >= 0.3 is 5.97 Å². The van der Waals surface area contributed by atoms with E-state index in [0.717, 1.165) is 11.3 Å². The molecule has 0 saturated heterocycles. The molecule has 0 fully saturated rings. The Morgan fingerprint density at radius 3 is 2.56 bits per heavy atom. The van der Waals surface area contributed by atoms with Gasteiger partial charge in [0.2, 0.25) is 0 Å². The molecule has 1 aromatic heterocycles. The zero-order valence-corrected chi connectivity index (χ0v) is 18.8. The Bertz CT molecular complexity index is 1310. The van der Waals surface area contributed by atoms with Crippen LogP contribution in [0.25, 0.3) is 6.08 Å². The average molecular weight is 454 g/mol. The molecule has 2 heterocycles. The first-order chi connectivity index (χ1) is 15.5. The number of hydrogen-bond donors (Lipinski definition) is 0. The zero-order chi connectivity index (χ0) is 22.7. The number of ether oxygens (including phenoxy) is 3. The van der Waals surface area contributed by atoms with Crippen molar-refractivity contribution in [3.05, 3.63) is 73.3 Å². The van der Waals surface area contributed by atoms with Crippen LogP contribution in [0.3, 0.4) is 0 Å². The third kappa shape index (κ3) is 4.24. The Balaban J connectivity index is 1.60. The molecule has 9 heteroatoms. The van der Waals surface area contributed by atoms with E-state index in [2.05, 4.69) is 4.99 Å². The quantitative estimate of drug-likeness (QED) is 0.531. The van der Waals surface area contributed by atoms with Crippen molar-refractivity contribution in [1.82, 2.24) is 4.57 Å². The molecule has 0 N–H and O–H groups in total. The van der Waals surface area contributed by atoms with Gasteiger partial charge in [-0.2, -0.15) is 0 Å². The Morgan fingerprint density at radius 2 is 1.88 bits per heavy atom. The lowest BCUT2D eigenvalue weighted by Gasteiger charge is -2.25. The van der Waals surface area contributed by atoms with Crippen molar-refractivity contribution in [2.24, 2.45) is 4.99 Å². The van der Waals surface area contributed by atoms with Crippen LogP contribution in [0.1, 0.15) is 22.8 Å². The number of aromatic nitrogens is 1. The van der Waals surface area contributed by atoms with Crippen LogP contribution in [0.5, 0.6) is 11.5 Å². The van der Waals surface area contributed by atoms with Gasteiger partial charge in [0, 0.05) is 5.69 Å². The summed E-state index contributed by atoms with van der Waals surface area (Å²) in [6.45, 7) is 2.91. The lowest BCUT2D eigenvalue weighted by Crippen LogP contribution is -2.42. The van der Waals surface area contributed by atoms with E-state index < -0.39 is 0 Å². The Hall–Kier alpha value is -3.59. The first-order valence-electron chi connectivity index (χ1n) is 10.0. The smallest absolute Gasteiger partial charge is 0.338 e. The van der Waals surface area contributed by atoms with Crippen LogP contribution in [-0.2, 0) is 11.4 Å². The fourth-order valence-corrected chi connectivity index (χ4v) is 4.35. The summed E-state index contributed by atoms with van der Waals surface area (Å²) in [6.07, 6.45) is 1.83. The van der Waals surface area contributed by atoms with E-state index in [-0.39, 0.29) is 11.5 Å². The highest BCUT2D eigenvalue weighted by Crippen LogP contribution is 2.27. The number of hydrogen-bond acceptors (Lipinski definition) is 8. The lowest BCUT2D eigenvalue weighted by atomic mass is 10.2. The fraction of sp³-hybridized carbons (Fsp3) is 0.261. The monoisotopic (exact) mass is 453 g/mol. The topological polar surface area (TPSA) is 82.4 Å². The number of anilines is 1. The maximum Gasteiger partial charge on any atom is 0.338 e. The number of carbonyl (C=O) groups excluding carboxylic acids is 1. The summed E-state index contributed by atoms with van der Waals surface area (Å²) >= 11 is 1.36. The van der Waals surface area contributed by atoms with Gasteiger partial charge in [-0.15, -0.1) is 0 Å². The standard InChI is InChI=1S/C23H23N3O5S/c1-4-31-22(28)16-6-8-17(9-7-16)25-13-24-23-26(14-25)21(27)20(32-23)12-15-5-10-18(29-2)19(11-15)30-3/h5-12H,4,13-14H2,1-3H3. The first-order valence-corrected chi connectivity index (χ1v) is 10.9. The van der Waals surface area contributed by atoms with Crippen LogP contribution in [-0.4, -0.2) is 38.0 Å². The largest absolute Gasteiger partial charge is 0.493 e. The van der Waals surface area contributed by atoms with Gasteiger partial charge in [0.25, 0.3) is 5.56 Å². The molecule has 1 aliphatic rings. The molecule has 0 atom stereocenters. The fourth-order valence-electron chi connectivity index (χ4n) is 3.39. The number of esters is 1. The van der Waals surface area contributed by atoms with Crippen molar-refractivity contribution >= 4 is 29.1 Å². The summed E-state index contributed by atoms with van der Waals surface area (Å²) in [4.78, 5) is 32.1. The van der Waals surface area contributed by atoms with Crippen molar-refractivity contribution in [3.63, 3.8) is 0 Å². The minimum atomic E-state index is -0.353. The van der Waals surface area contributed by atoms with Gasteiger partial charge in [-0.3, -0.25) is 9.36 Å². The summed E-state index contributed by atoms with van der Waals surface area (Å²) < 4.78 is 17.9. The number of rotatable bonds is 6. The van der Waals surface area contributed by atoms with E-state index in [0.29, 0.717) is 46.3 Å². The van der Waals surface area contributed by atoms with E-state index in [1.54, 1.807) is 37.8 Å². The normalized spacial score (nSPS) is 13.3. The molecule has 3 aromatic rings. The highest BCUT2D eigenvalue weighted by Gasteiger charge is 2.17. The second-order valence-electron chi connectivity index (χ2n) is 6.99. The second-order valence-corrected chi connectivity index (χ2v) is 8.00. The molecule has 0 radical (unpaired) electrons. The maximum absolute atomic E-state index is 13.0. The van der Waals surface area contributed by atoms with E-state index in [9.17, 15) is 9.59 Å². The van der Waals surface area contributed by atoms with E-state index >= 15 is 0 Å². The highest BCUT2D eigenvalue weighted by atomic mass is 32.1. The molecular weight excluding hydrogens is 430 g/mol. The number of benzene rings is 2. The molecule has 32 heavy (non-hydrogen) atoms. The summed E-state index contributed by atoms with van der Waals surface area (Å²) in [6, 6.07) is 12.6. The van der Waals surface area contributed by atoms with Crippen molar-refractivity contribution in [2.75, 3.05) is 32.4 Å². The average Bonchev–Trinajstić information content (AvgIpc) is 3.13. The SMILES string of the molecule is CCOC(=O)c1ccc(N2CN=c3sc(=Cc4ccc(OC)c(OC)c4)c(=O)n3C2)cc1. The van der Waals surface area contributed by atoms with E-state index in [1.807, 2.05) is 41.3 Å². The predicted octanol–water partition coefficient (Wildman–Crippen LogP) is 1.99. The first kappa shape index (κ1) is 21.6. The van der Waals surface area contributed by atoms with Crippen molar-refractivity contribution < 1.29 is 19.0 Å². The number of nitrogens with zero attached hydrogens (tertiary/aromatic N) is 3. The van der Waals surface area contributed by atoms with Crippen molar-refractivity contribution in [2.45, 2.75) is 13.6 Å². The van der Waals surface area contributed by atoms with Gasteiger partial charge in [-0.05, 0) is 55.0 Å². The molecule has 0 unspecified atom stereocenters. The van der Waals surface area contributed by atoms with Crippen LogP contribution in [0, 0.1) is 0 Å². The minimum Gasteiger partial charge on any atom is -0.493 e. The number of fused-ring (bicyclic) bond motifs is 1. The third-order valence-corrected chi connectivity index (χ3v) is 6.07. The molecule has 0 saturated carbocycles. The summed E-state index contributed by atoms with van der Waals surface area (Å²) in [5.41, 5.74) is 2.10. The number of thiazole rings is 1. The summed E-state index contributed by atoms with van der Waals surface area (Å²) in [5, 5.41) is 0. The van der Waals surface area contributed by atoms with Crippen LogP contribution in [0.2, 0.25) is 0 Å². The van der Waals surface area contributed by atoms with E-state index in [1.165, 1.54) is 11.3 Å². The lowest BCUT2D eigenvalue weighted by molar-refractivity contribution is 0.0526. The minimum absolute atomic E-state index is 0.101. The molecule has 0 bridgehead atoms. The van der Waals surface area contributed by atoms with Gasteiger partial charge in [-0.25, -0.2) is 9.79 Å². The van der Waals surface area contributed by atoms with Gasteiger partial charge in [-0.1, -0.05) is 17.4 Å². The van der Waals surface area contributed by atoms with Crippen LogP contribution in [0.15, 0.2) is 52.3 Å². The third-order valence-electron chi connectivity index (χ3n) is 5.03. The Morgan fingerprint density at radius 1 is 1.12 bits per heavy atom. The molecule has 1 aliphatic heterocycles. The Labute approximate surface area is 188 Å². The number of carbonyl (C=O) groups is 1. The molecule has 4 rings (SSSR count). The Kier molecular flexibility index (Phi) is 6.27. The van der Waals surface area contributed by atoms with Crippen molar-refractivity contribution in [3.8, 4) is 11.5 Å². The molecular formula is C23H23N3O5S. The number of methoxy groups -OCH3 is 2. The molecule has 8 nitrogen and oxygen atoms in total. The molecule has 0 spiro atoms. The van der Waals surface area contributed by atoms with Crippen LogP contribution >= 0.6 is 11.3 Å². The molecule has 166 valence electrons. The van der Waals surface area contributed by atoms with Crippen LogP contribution in [0.4, 0.5) is 5.69 Å². The zero-order valence-electron chi connectivity index (χ0n) is 18.0. The molecule has 0 amide bonds. The van der Waals surface area contributed by atoms with Gasteiger partial charge in [0.15, 0.2) is 16.3 Å². The van der Waals surface area contributed by atoms with Crippen molar-refractivity contribution in [1.29, 1.82) is 0 Å². The molecule has 2 aromatic carbocycles. The highest BCUT2D eigenvalue weighted by molar-refractivity contribution is 7.07. The van der Waals surface area contributed by atoms with E-state index in [4.69, 9.17) is 14.2 Å². The summed E-state index contributed by atoms with van der Waals surface area (Å²) in [7, 11) is 3.16. The molecule has 0 aliphatic carbocycles. The predicted molar refractivity (Wildman–Crippen MR) is 122 cm³/mol.